The van der Waals surface area contributed by atoms with E-state index in [0.717, 1.165) is 13.1 Å². The van der Waals surface area contributed by atoms with Crippen LogP contribution >= 0.6 is 0 Å². The van der Waals surface area contributed by atoms with E-state index in [1.54, 1.807) is 6.92 Å². The summed E-state index contributed by atoms with van der Waals surface area (Å²) in [6.07, 6.45) is 3.58. The molecular weight excluding hydrogens is 216 g/mol. The van der Waals surface area contributed by atoms with Gasteiger partial charge in [-0.2, -0.15) is 0 Å². The van der Waals surface area contributed by atoms with Crippen molar-refractivity contribution in [2.24, 2.45) is 5.92 Å². The fourth-order valence-corrected chi connectivity index (χ4v) is 2.59. The third kappa shape index (κ3) is 4.64. The third-order valence-electron chi connectivity index (χ3n) is 3.76. The first-order chi connectivity index (χ1) is 8.04. The van der Waals surface area contributed by atoms with Crippen molar-refractivity contribution in [2.75, 3.05) is 19.6 Å². The van der Waals surface area contributed by atoms with Crippen molar-refractivity contribution in [1.82, 2.24) is 10.2 Å². The van der Waals surface area contributed by atoms with Crippen LogP contribution in [0.1, 0.15) is 40.0 Å². The second kappa shape index (κ2) is 6.97. The topological polar surface area (TPSA) is 52.6 Å². The molecule has 100 valence electrons. The minimum Gasteiger partial charge on any atom is -0.480 e. The van der Waals surface area contributed by atoms with Crippen LogP contribution < -0.4 is 5.32 Å². The average molecular weight is 242 g/mol. The van der Waals surface area contributed by atoms with E-state index >= 15 is 0 Å². The molecule has 1 heterocycles. The number of nitrogens with zero attached hydrogens (tertiary/aromatic N) is 1. The van der Waals surface area contributed by atoms with Crippen LogP contribution in [0.3, 0.4) is 0 Å². The second-order valence-electron chi connectivity index (χ2n) is 5.19. The van der Waals surface area contributed by atoms with E-state index in [-0.39, 0.29) is 0 Å². The molecule has 0 aromatic heterocycles. The van der Waals surface area contributed by atoms with Gasteiger partial charge in [0.1, 0.15) is 6.04 Å². The van der Waals surface area contributed by atoms with Crippen LogP contribution in [-0.4, -0.2) is 47.7 Å². The van der Waals surface area contributed by atoms with Crippen LogP contribution in [0.25, 0.3) is 0 Å². The number of aliphatic carboxylic acids is 1. The monoisotopic (exact) mass is 242 g/mol. The SMILES string of the molecule is CCCN1CCC(C(C)NC(C)C(=O)O)CC1. The van der Waals surface area contributed by atoms with Crippen LogP contribution in [0, 0.1) is 5.92 Å². The van der Waals surface area contributed by atoms with Gasteiger partial charge in [0.15, 0.2) is 0 Å². The van der Waals surface area contributed by atoms with E-state index in [0.29, 0.717) is 12.0 Å². The Labute approximate surface area is 104 Å². The maximum atomic E-state index is 10.8. The Hall–Kier alpha value is -0.610. The number of rotatable bonds is 6. The van der Waals surface area contributed by atoms with Crippen molar-refractivity contribution >= 4 is 5.97 Å². The number of carbonyl (C=O) groups is 1. The van der Waals surface area contributed by atoms with Gasteiger partial charge in [0, 0.05) is 6.04 Å². The lowest BCUT2D eigenvalue weighted by Gasteiger charge is -2.35. The van der Waals surface area contributed by atoms with Crippen LogP contribution in [0.2, 0.25) is 0 Å². The van der Waals surface area contributed by atoms with Crippen molar-refractivity contribution in [2.45, 2.75) is 52.1 Å². The molecule has 0 radical (unpaired) electrons. The van der Waals surface area contributed by atoms with Crippen molar-refractivity contribution in [1.29, 1.82) is 0 Å². The summed E-state index contributed by atoms with van der Waals surface area (Å²) in [6.45, 7) is 9.55. The molecule has 2 N–H and O–H groups in total. The molecule has 0 saturated carbocycles. The number of carboxylic acid groups (broad SMARTS) is 1. The fraction of sp³-hybridized carbons (Fsp3) is 0.923. The summed E-state index contributed by atoms with van der Waals surface area (Å²) in [5.74, 6) is -0.148. The minimum atomic E-state index is -0.764. The van der Waals surface area contributed by atoms with Gasteiger partial charge in [-0.25, -0.2) is 0 Å². The zero-order valence-electron chi connectivity index (χ0n) is 11.3. The quantitative estimate of drug-likeness (QED) is 0.742. The van der Waals surface area contributed by atoms with Crippen molar-refractivity contribution in [3.8, 4) is 0 Å². The minimum absolute atomic E-state index is 0.296. The Bertz CT molecular complexity index is 238. The first-order valence-corrected chi connectivity index (χ1v) is 6.75. The Morgan fingerprint density at radius 3 is 2.47 bits per heavy atom. The van der Waals surface area contributed by atoms with Crippen molar-refractivity contribution in [3.05, 3.63) is 0 Å². The van der Waals surface area contributed by atoms with Gasteiger partial charge in [-0.3, -0.25) is 4.79 Å². The highest BCUT2D eigenvalue weighted by Crippen LogP contribution is 2.20. The molecular formula is C13H26N2O2. The second-order valence-corrected chi connectivity index (χ2v) is 5.19. The average Bonchev–Trinajstić information content (AvgIpc) is 2.30. The highest BCUT2D eigenvalue weighted by molar-refractivity contribution is 5.72. The summed E-state index contributed by atoms with van der Waals surface area (Å²) < 4.78 is 0. The van der Waals surface area contributed by atoms with E-state index in [1.165, 1.54) is 25.8 Å². The summed E-state index contributed by atoms with van der Waals surface area (Å²) in [5, 5.41) is 12.0. The Morgan fingerprint density at radius 2 is 2.00 bits per heavy atom. The van der Waals surface area contributed by atoms with Gasteiger partial charge in [0.25, 0.3) is 0 Å². The highest BCUT2D eigenvalue weighted by Gasteiger charge is 2.25. The van der Waals surface area contributed by atoms with E-state index < -0.39 is 12.0 Å². The van der Waals surface area contributed by atoms with Gasteiger partial charge in [-0.05, 0) is 58.7 Å². The highest BCUT2D eigenvalue weighted by atomic mass is 16.4. The molecule has 2 atom stereocenters. The number of likely N-dealkylation sites (tertiary alicyclic amines) is 1. The van der Waals surface area contributed by atoms with Gasteiger partial charge in [0.05, 0.1) is 0 Å². The van der Waals surface area contributed by atoms with E-state index in [9.17, 15) is 4.79 Å². The number of hydrogen-bond donors (Lipinski definition) is 2. The molecule has 2 unspecified atom stereocenters. The molecule has 0 bridgehead atoms. The van der Waals surface area contributed by atoms with E-state index in [4.69, 9.17) is 5.11 Å². The molecule has 0 aromatic rings. The van der Waals surface area contributed by atoms with E-state index in [2.05, 4.69) is 24.1 Å². The lowest BCUT2D eigenvalue weighted by Crippen LogP contribution is -2.47. The lowest BCUT2D eigenvalue weighted by molar-refractivity contribution is -0.139. The summed E-state index contributed by atoms with van der Waals surface area (Å²) in [5.41, 5.74) is 0. The molecule has 0 aliphatic carbocycles. The predicted molar refractivity (Wildman–Crippen MR) is 69.2 cm³/mol. The largest absolute Gasteiger partial charge is 0.480 e. The molecule has 4 nitrogen and oxygen atoms in total. The molecule has 17 heavy (non-hydrogen) atoms. The molecule has 0 amide bonds. The zero-order chi connectivity index (χ0) is 12.8. The van der Waals surface area contributed by atoms with Crippen molar-refractivity contribution in [3.63, 3.8) is 0 Å². The molecule has 1 aliphatic rings. The van der Waals surface area contributed by atoms with Crippen LogP contribution in [-0.2, 0) is 4.79 Å². The fourth-order valence-electron chi connectivity index (χ4n) is 2.59. The summed E-state index contributed by atoms with van der Waals surface area (Å²) in [4.78, 5) is 13.3. The van der Waals surface area contributed by atoms with Crippen LogP contribution in [0.5, 0.6) is 0 Å². The zero-order valence-corrected chi connectivity index (χ0v) is 11.3. The molecule has 1 fully saturated rings. The first kappa shape index (κ1) is 14.5. The lowest BCUT2D eigenvalue weighted by atomic mass is 9.90. The predicted octanol–water partition coefficient (Wildman–Crippen LogP) is 1.56. The van der Waals surface area contributed by atoms with E-state index in [1.807, 2.05) is 0 Å². The molecule has 1 aliphatic heterocycles. The van der Waals surface area contributed by atoms with Crippen LogP contribution in [0.15, 0.2) is 0 Å². The Balaban J connectivity index is 2.30. The molecule has 0 spiro atoms. The summed E-state index contributed by atoms with van der Waals surface area (Å²) >= 11 is 0. The Kier molecular flexibility index (Phi) is 5.92. The summed E-state index contributed by atoms with van der Waals surface area (Å²) in [7, 11) is 0. The maximum absolute atomic E-state index is 10.8. The van der Waals surface area contributed by atoms with Gasteiger partial charge in [0.2, 0.25) is 0 Å². The van der Waals surface area contributed by atoms with Crippen molar-refractivity contribution < 1.29 is 9.90 Å². The number of hydrogen-bond acceptors (Lipinski definition) is 3. The summed E-state index contributed by atoms with van der Waals surface area (Å²) in [6, 6.07) is -0.149. The number of piperidine rings is 1. The van der Waals surface area contributed by atoms with Gasteiger partial charge in [-0.15, -0.1) is 0 Å². The van der Waals surface area contributed by atoms with Crippen LogP contribution in [0.4, 0.5) is 0 Å². The van der Waals surface area contributed by atoms with Gasteiger partial charge in [-0.1, -0.05) is 6.92 Å². The number of nitrogens with one attached hydrogen (secondary N) is 1. The smallest absolute Gasteiger partial charge is 0.320 e. The molecule has 4 heteroatoms. The standard InChI is InChI=1S/C13H26N2O2/c1-4-7-15-8-5-12(6-9-15)10(2)14-11(3)13(16)17/h10-12,14H,4-9H2,1-3H3,(H,16,17). The molecule has 1 saturated heterocycles. The van der Waals surface area contributed by atoms with Gasteiger partial charge >= 0.3 is 5.97 Å². The molecule has 1 rings (SSSR count). The maximum Gasteiger partial charge on any atom is 0.320 e. The number of carboxylic acids is 1. The molecule has 0 aromatic carbocycles. The normalized spacial score (nSPS) is 22.3. The Morgan fingerprint density at radius 1 is 1.41 bits per heavy atom. The first-order valence-electron chi connectivity index (χ1n) is 6.75. The third-order valence-corrected chi connectivity index (χ3v) is 3.76. The van der Waals surface area contributed by atoms with Gasteiger partial charge < -0.3 is 15.3 Å².